The highest BCUT2D eigenvalue weighted by atomic mass is 32.1. The van der Waals surface area contributed by atoms with Gasteiger partial charge in [0.15, 0.2) is 16.3 Å². The molecular formula is C21H26N8O4S. The van der Waals surface area contributed by atoms with E-state index in [2.05, 4.69) is 20.6 Å². The zero-order valence-corrected chi connectivity index (χ0v) is 19.9. The molecule has 0 saturated heterocycles. The quantitative estimate of drug-likeness (QED) is 0.552. The van der Waals surface area contributed by atoms with Crippen molar-refractivity contribution in [3.63, 3.8) is 0 Å². The second-order valence-electron chi connectivity index (χ2n) is 8.78. The average molecular weight is 487 g/mol. The predicted molar refractivity (Wildman–Crippen MR) is 126 cm³/mol. The van der Waals surface area contributed by atoms with Crippen LogP contribution in [-0.4, -0.2) is 53.1 Å². The second kappa shape index (κ2) is 8.70. The Morgan fingerprint density at radius 2 is 1.94 bits per heavy atom. The zero-order valence-electron chi connectivity index (χ0n) is 19.0. The fraction of sp³-hybridized carbons (Fsp3) is 0.524. The molecule has 0 aromatic carbocycles. The molecular weight excluding hydrogens is 460 g/mol. The summed E-state index contributed by atoms with van der Waals surface area (Å²) in [7, 11) is 2.94. The number of imidazole rings is 1. The average Bonchev–Trinajstić information content (AvgIpc) is 3.55. The lowest BCUT2D eigenvalue weighted by Gasteiger charge is -2.26. The van der Waals surface area contributed by atoms with Gasteiger partial charge in [0.2, 0.25) is 5.91 Å². The summed E-state index contributed by atoms with van der Waals surface area (Å²) in [5.74, 6) is -0.164. The number of hydrogen-bond acceptors (Lipinski definition) is 7. The highest BCUT2D eigenvalue weighted by Crippen LogP contribution is 2.28. The SMILES string of the molecule is Cn1c(=O)c2c(ncn2CC(=O)N2CCc3nc(NC(=O)NC4CCCC4)sc3C2)n(C)c1=O. The fourth-order valence-corrected chi connectivity index (χ4v) is 5.63. The molecule has 34 heavy (non-hydrogen) atoms. The van der Waals surface area contributed by atoms with Gasteiger partial charge in [-0.05, 0) is 12.8 Å². The smallest absolute Gasteiger partial charge is 0.332 e. The summed E-state index contributed by atoms with van der Waals surface area (Å²) in [6.45, 7) is 0.820. The van der Waals surface area contributed by atoms with Gasteiger partial charge in [0.1, 0.15) is 6.54 Å². The minimum absolute atomic E-state index is 0.0625. The fourth-order valence-electron chi connectivity index (χ4n) is 4.61. The topological polar surface area (TPSA) is 136 Å². The molecule has 180 valence electrons. The van der Waals surface area contributed by atoms with E-state index in [0.29, 0.717) is 24.6 Å². The first-order valence-electron chi connectivity index (χ1n) is 11.3. The van der Waals surface area contributed by atoms with E-state index >= 15 is 0 Å². The van der Waals surface area contributed by atoms with E-state index in [1.807, 2.05) is 0 Å². The number of nitrogens with one attached hydrogen (secondary N) is 2. The Hall–Kier alpha value is -3.48. The maximum absolute atomic E-state index is 13.0. The maximum Gasteiger partial charge on any atom is 0.332 e. The first kappa shape index (κ1) is 22.3. The predicted octanol–water partition coefficient (Wildman–Crippen LogP) is 0.539. The molecule has 12 nitrogen and oxygen atoms in total. The lowest BCUT2D eigenvalue weighted by molar-refractivity contribution is -0.132. The number of thiazole rings is 1. The molecule has 1 aliphatic heterocycles. The van der Waals surface area contributed by atoms with Crippen LogP contribution in [0.3, 0.4) is 0 Å². The molecule has 3 aromatic heterocycles. The molecule has 0 bridgehead atoms. The summed E-state index contributed by atoms with van der Waals surface area (Å²) in [5.41, 5.74) is 0.397. The van der Waals surface area contributed by atoms with Crippen molar-refractivity contribution in [1.29, 1.82) is 0 Å². The standard InChI is InChI=1S/C21H26N8O4S/c1-26-17-16(18(31)27(2)21(26)33)29(11-22-17)10-15(30)28-8-7-13-14(9-28)34-20(24-13)25-19(32)23-12-5-3-4-6-12/h11-12H,3-10H2,1-2H3,(H2,23,24,25,32). The Bertz CT molecular complexity index is 1390. The minimum atomic E-state index is -0.488. The van der Waals surface area contributed by atoms with Crippen LogP contribution in [0.5, 0.6) is 0 Å². The largest absolute Gasteiger partial charge is 0.336 e. The summed E-state index contributed by atoms with van der Waals surface area (Å²) in [4.78, 5) is 61.4. The Labute approximate surface area is 198 Å². The van der Waals surface area contributed by atoms with Crippen molar-refractivity contribution >= 4 is 39.6 Å². The number of nitrogens with zero attached hydrogens (tertiary/aromatic N) is 6. The van der Waals surface area contributed by atoms with Gasteiger partial charge in [0, 0.05) is 38.0 Å². The summed E-state index contributed by atoms with van der Waals surface area (Å²) in [5, 5.41) is 6.34. The number of carbonyl (C=O) groups excluding carboxylic acids is 2. The molecule has 0 unspecified atom stereocenters. The van der Waals surface area contributed by atoms with E-state index in [1.165, 1.54) is 33.8 Å². The summed E-state index contributed by atoms with van der Waals surface area (Å²) >= 11 is 1.37. The van der Waals surface area contributed by atoms with Gasteiger partial charge in [-0.25, -0.2) is 19.6 Å². The van der Waals surface area contributed by atoms with Crippen LogP contribution in [0, 0.1) is 0 Å². The van der Waals surface area contributed by atoms with Crippen molar-refractivity contribution in [1.82, 2.24) is 33.9 Å². The Kier molecular flexibility index (Phi) is 5.71. The van der Waals surface area contributed by atoms with Crippen molar-refractivity contribution in [3.05, 3.63) is 37.7 Å². The molecule has 1 saturated carbocycles. The van der Waals surface area contributed by atoms with Crippen LogP contribution in [0.15, 0.2) is 15.9 Å². The van der Waals surface area contributed by atoms with Crippen LogP contribution in [0.25, 0.3) is 11.2 Å². The number of fused-ring (bicyclic) bond motifs is 2. The Morgan fingerprint density at radius 1 is 1.18 bits per heavy atom. The van der Waals surface area contributed by atoms with Crippen LogP contribution in [-0.2, 0) is 38.4 Å². The Balaban J connectivity index is 1.27. The monoisotopic (exact) mass is 486 g/mol. The summed E-state index contributed by atoms with van der Waals surface area (Å²) < 4.78 is 3.79. The van der Waals surface area contributed by atoms with Gasteiger partial charge in [-0.1, -0.05) is 24.2 Å². The van der Waals surface area contributed by atoms with E-state index in [0.717, 1.165) is 40.8 Å². The van der Waals surface area contributed by atoms with Crippen molar-refractivity contribution in [3.8, 4) is 0 Å². The van der Waals surface area contributed by atoms with Gasteiger partial charge in [0.25, 0.3) is 5.56 Å². The highest BCUT2D eigenvalue weighted by molar-refractivity contribution is 7.15. The summed E-state index contributed by atoms with van der Waals surface area (Å²) in [6.07, 6.45) is 6.30. The molecule has 3 amide bonds. The molecule has 1 aliphatic carbocycles. The van der Waals surface area contributed by atoms with E-state index < -0.39 is 11.2 Å². The van der Waals surface area contributed by atoms with Crippen LogP contribution >= 0.6 is 11.3 Å². The van der Waals surface area contributed by atoms with Crippen LogP contribution in [0.1, 0.15) is 36.3 Å². The van der Waals surface area contributed by atoms with Gasteiger partial charge < -0.3 is 14.8 Å². The lowest BCUT2D eigenvalue weighted by atomic mass is 10.2. The second-order valence-corrected chi connectivity index (χ2v) is 9.87. The number of aryl methyl sites for hydroxylation is 1. The number of hydrogen-bond donors (Lipinski definition) is 2. The third-order valence-corrected chi connectivity index (χ3v) is 7.52. The molecule has 1 fully saturated rings. The molecule has 4 heterocycles. The first-order valence-corrected chi connectivity index (χ1v) is 12.1. The number of anilines is 1. The lowest BCUT2D eigenvalue weighted by Crippen LogP contribution is -2.39. The molecule has 3 aromatic rings. The maximum atomic E-state index is 13.0. The number of amides is 3. The van der Waals surface area contributed by atoms with Gasteiger partial charge in [0.05, 0.1) is 18.6 Å². The van der Waals surface area contributed by atoms with Gasteiger partial charge in [-0.3, -0.25) is 24.0 Å². The van der Waals surface area contributed by atoms with Gasteiger partial charge in [-0.15, -0.1) is 0 Å². The normalized spacial score (nSPS) is 16.1. The minimum Gasteiger partial charge on any atom is -0.336 e. The molecule has 0 radical (unpaired) electrons. The zero-order chi connectivity index (χ0) is 24.0. The van der Waals surface area contributed by atoms with Crippen LogP contribution < -0.4 is 21.9 Å². The third kappa shape index (κ3) is 4.00. The van der Waals surface area contributed by atoms with Crippen molar-refractivity contribution < 1.29 is 9.59 Å². The van der Waals surface area contributed by atoms with Crippen molar-refractivity contribution in [2.24, 2.45) is 14.1 Å². The number of urea groups is 1. The van der Waals surface area contributed by atoms with Crippen LogP contribution in [0.4, 0.5) is 9.93 Å². The van der Waals surface area contributed by atoms with E-state index in [-0.39, 0.29) is 35.7 Å². The number of aromatic nitrogens is 5. The number of rotatable bonds is 4. The molecule has 5 rings (SSSR count). The molecule has 13 heteroatoms. The Morgan fingerprint density at radius 3 is 2.71 bits per heavy atom. The van der Waals surface area contributed by atoms with Crippen molar-refractivity contribution in [2.45, 2.75) is 51.2 Å². The summed E-state index contributed by atoms with van der Waals surface area (Å²) in [6, 6.07) is -0.0184. The van der Waals surface area contributed by atoms with E-state index in [1.54, 1.807) is 11.9 Å². The first-order chi connectivity index (χ1) is 16.3. The van der Waals surface area contributed by atoms with Gasteiger partial charge in [-0.2, -0.15) is 0 Å². The molecule has 0 spiro atoms. The van der Waals surface area contributed by atoms with Crippen molar-refractivity contribution in [2.75, 3.05) is 11.9 Å². The molecule has 2 N–H and O–H groups in total. The molecule has 0 atom stereocenters. The molecule has 2 aliphatic rings. The van der Waals surface area contributed by atoms with Crippen LogP contribution in [0.2, 0.25) is 0 Å². The highest BCUT2D eigenvalue weighted by Gasteiger charge is 2.26. The van der Waals surface area contributed by atoms with E-state index in [4.69, 9.17) is 0 Å². The number of carbonyl (C=O) groups is 2. The third-order valence-electron chi connectivity index (χ3n) is 6.52. The van der Waals surface area contributed by atoms with E-state index in [9.17, 15) is 19.2 Å². The van der Waals surface area contributed by atoms with Gasteiger partial charge >= 0.3 is 11.7 Å².